The van der Waals surface area contributed by atoms with E-state index >= 15 is 0 Å². The maximum Gasteiger partial charge on any atom is 0.293 e. The van der Waals surface area contributed by atoms with Gasteiger partial charge in [-0.05, 0) is 43.5 Å². The lowest BCUT2D eigenvalue weighted by molar-refractivity contribution is -0.384. The van der Waals surface area contributed by atoms with Crippen LogP contribution in [0.15, 0.2) is 42.5 Å². The smallest absolute Gasteiger partial charge is 0.293 e. The second kappa shape index (κ2) is 8.53. The monoisotopic (exact) mass is 369 g/mol. The molecule has 0 atom stereocenters. The van der Waals surface area contributed by atoms with Crippen LogP contribution in [0.5, 0.6) is 5.75 Å². The molecule has 1 aliphatic rings. The fourth-order valence-electron chi connectivity index (χ4n) is 3.12. The Morgan fingerprint density at radius 1 is 1.22 bits per heavy atom. The molecule has 1 fully saturated rings. The average molecular weight is 369 g/mol. The van der Waals surface area contributed by atoms with Crippen molar-refractivity contribution in [1.29, 1.82) is 0 Å². The Morgan fingerprint density at radius 3 is 2.70 bits per heavy atom. The molecule has 2 aromatic rings. The van der Waals surface area contributed by atoms with Gasteiger partial charge in [0.15, 0.2) is 0 Å². The Balaban J connectivity index is 1.78. The minimum absolute atomic E-state index is 0.0374. The lowest BCUT2D eigenvalue weighted by Gasteiger charge is -2.17. The van der Waals surface area contributed by atoms with Crippen LogP contribution in [-0.2, 0) is 0 Å². The standard InChI is InChI=1S/C20H23N3O4/c1-2-12-27-17-7-5-6-16(14-17)21-20(24)15-8-9-18(19(13-15)23(25)26)22-10-3-4-11-22/h5-9,13-14H,2-4,10-12H2,1H3,(H,21,24). The van der Waals surface area contributed by atoms with Crippen LogP contribution in [0.25, 0.3) is 0 Å². The van der Waals surface area contributed by atoms with Crippen LogP contribution in [0.3, 0.4) is 0 Å². The molecular weight excluding hydrogens is 346 g/mol. The number of nitro benzene ring substituents is 1. The summed E-state index contributed by atoms with van der Waals surface area (Å²) < 4.78 is 5.56. The number of carbonyl (C=O) groups is 1. The molecule has 2 aromatic carbocycles. The van der Waals surface area contributed by atoms with Crippen molar-refractivity contribution in [3.63, 3.8) is 0 Å². The maximum atomic E-state index is 12.6. The molecular formula is C20H23N3O4. The minimum Gasteiger partial charge on any atom is -0.494 e. The lowest BCUT2D eigenvalue weighted by Crippen LogP contribution is -2.19. The summed E-state index contributed by atoms with van der Waals surface area (Å²) in [5, 5.41) is 14.3. The molecule has 0 spiro atoms. The Kier molecular flexibility index (Phi) is 5.90. The second-order valence-corrected chi connectivity index (χ2v) is 6.49. The zero-order valence-corrected chi connectivity index (χ0v) is 15.3. The zero-order valence-electron chi connectivity index (χ0n) is 15.3. The van der Waals surface area contributed by atoms with Crippen molar-refractivity contribution in [3.8, 4) is 5.75 Å². The van der Waals surface area contributed by atoms with E-state index in [-0.39, 0.29) is 11.3 Å². The van der Waals surface area contributed by atoms with Crippen molar-refractivity contribution in [2.24, 2.45) is 0 Å². The predicted octanol–water partition coefficient (Wildman–Crippen LogP) is 4.24. The third-order valence-corrected chi connectivity index (χ3v) is 4.45. The van der Waals surface area contributed by atoms with Crippen LogP contribution in [0.4, 0.5) is 17.1 Å². The van der Waals surface area contributed by atoms with E-state index in [2.05, 4.69) is 5.32 Å². The summed E-state index contributed by atoms with van der Waals surface area (Å²) in [7, 11) is 0. The number of amides is 1. The van der Waals surface area contributed by atoms with E-state index in [0.29, 0.717) is 23.7 Å². The Labute approximate surface area is 158 Å². The lowest BCUT2D eigenvalue weighted by atomic mass is 10.1. The molecule has 0 aliphatic carbocycles. The number of rotatable bonds is 7. The van der Waals surface area contributed by atoms with Crippen molar-refractivity contribution in [3.05, 3.63) is 58.1 Å². The minimum atomic E-state index is -0.427. The highest BCUT2D eigenvalue weighted by Crippen LogP contribution is 2.32. The summed E-state index contributed by atoms with van der Waals surface area (Å²) in [6, 6.07) is 11.7. The van der Waals surface area contributed by atoms with Crippen LogP contribution >= 0.6 is 0 Å². The van der Waals surface area contributed by atoms with Gasteiger partial charge >= 0.3 is 0 Å². The van der Waals surface area contributed by atoms with Crippen LogP contribution in [0, 0.1) is 10.1 Å². The Hall–Kier alpha value is -3.09. The molecule has 1 aliphatic heterocycles. The highest BCUT2D eigenvalue weighted by Gasteiger charge is 2.23. The first-order valence-electron chi connectivity index (χ1n) is 9.16. The van der Waals surface area contributed by atoms with E-state index in [1.165, 1.54) is 6.07 Å². The van der Waals surface area contributed by atoms with Gasteiger partial charge in [-0.15, -0.1) is 0 Å². The van der Waals surface area contributed by atoms with E-state index in [1.807, 2.05) is 17.9 Å². The van der Waals surface area contributed by atoms with E-state index in [1.54, 1.807) is 30.3 Å². The summed E-state index contributed by atoms with van der Waals surface area (Å²) in [4.78, 5) is 25.6. The van der Waals surface area contributed by atoms with Crippen molar-refractivity contribution < 1.29 is 14.5 Å². The molecule has 7 heteroatoms. The van der Waals surface area contributed by atoms with Gasteiger partial charge in [0.2, 0.25) is 0 Å². The fraction of sp³-hybridized carbons (Fsp3) is 0.350. The van der Waals surface area contributed by atoms with E-state index in [4.69, 9.17) is 4.74 Å². The van der Waals surface area contributed by atoms with Gasteiger partial charge in [-0.25, -0.2) is 0 Å². The number of hydrogen-bond acceptors (Lipinski definition) is 5. The van der Waals surface area contributed by atoms with Crippen molar-refractivity contribution in [2.75, 3.05) is 29.9 Å². The van der Waals surface area contributed by atoms with Crippen LogP contribution < -0.4 is 15.0 Å². The van der Waals surface area contributed by atoms with E-state index < -0.39 is 10.8 Å². The van der Waals surface area contributed by atoms with E-state index in [0.717, 1.165) is 32.4 Å². The van der Waals surface area contributed by atoms with Gasteiger partial charge in [-0.1, -0.05) is 13.0 Å². The molecule has 0 bridgehead atoms. The number of hydrogen-bond donors (Lipinski definition) is 1. The molecule has 142 valence electrons. The highest BCUT2D eigenvalue weighted by atomic mass is 16.6. The fourth-order valence-corrected chi connectivity index (χ4v) is 3.12. The molecule has 1 heterocycles. The molecule has 0 aromatic heterocycles. The SMILES string of the molecule is CCCOc1cccc(NC(=O)c2ccc(N3CCCC3)c([N+](=O)[O-])c2)c1. The first-order chi connectivity index (χ1) is 13.1. The largest absolute Gasteiger partial charge is 0.494 e. The summed E-state index contributed by atoms with van der Waals surface area (Å²) in [5.74, 6) is 0.281. The third kappa shape index (κ3) is 4.55. The molecule has 27 heavy (non-hydrogen) atoms. The molecule has 3 rings (SSSR count). The molecule has 0 radical (unpaired) electrons. The zero-order chi connectivity index (χ0) is 19.2. The summed E-state index contributed by atoms with van der Waals surface area (Å²) in [6.45, 7) is 4.22. The topological polar surface area (TPSA) is 84.7 Å². The number of nitrogens with one attached hydrogen (secondary N) is 1. The number of anilines is 2. The Morgan fingerprint density at radius 2 is 2.00 bits per heavy atom. The number of carbonyl (C=O) groups excluding carboxylic acids is 1. The molecule has 0 unspecified atom stereocenters. The second-order valence-electron chi connectivity index (χ2n) is 6.49. The summed E-state index contributed by atoms with van der Waals surface area (Å²) in [6.07, 6.45) is 2.94. The summed E-state index contributed by atoms with van der Waals surface area (Å²) in [5.41, 5.74) is 1.37. The van der Waals surface area contributed by atoms with Crippen LogP contribution in [-0.4, -0.2) is 30.5 Å². The molecule has 1 saturated heterocycles. The highest BCUT2D eigenvalue weighted by molar-refractivity contribution is 6.05. The number of nitrogens with zero attached hydrogens (tertiary/aromatic N) is 2. The van der Waals surface area contributed by atoms with Gasteiger partial charge in [0.25, 0.3) is 11.6 Å². The molecule has 0 saturated carbocycles. The van der Waals surface area contributed by atoms with Gasteiger partial charge in [0.1, 0.15) is 11.4 Å². The molecule has 7 nitrogen and oxygen atoms in total. The van der Waals surface area contributed by atoms with Crippen molar-refractivity contribution in [1.82, 2.24) is 0 Å². The van der Waals surface area contributed by atoms with Crippen molar-refractivity contribution in [2.45, 2.75) is 26.2 Å². The third-order valence-electron chi connectivity index (χ3n) is 4.45. The molecule has 1 amide bonds. The van der Waals surface area contributed by atoms with Gasteiger partial charge in [-0.2, -0.15) is 0 Å². The quantitative estimate of drug-likeness (QED) is 0.583. The number of ether oxygens (including phenoxy) is 1. The van der Waals surface area contributed by atoms with Gasteiger partial charge in [-0.3, -0.25) is 14.9 Å². The Bertz CT molecular complexity index is 832. The first kappa shape index (κ1) is 18.7. The predicted molar refractivity (Wildman–Crippen MR) is 105 cm³/mol. The first-order valence-corrected chi connectivity index (χ1v) is 9.16. The van der Waals surface area contributed by atoms with Crippen LogP contribution in [0.1, 0.15) is 36.5 Å². The van der Waals surface area contributed by atoms with E-state index in [9.17, 15) is 14.9 Å². The number of nitro groups is 1. The number of benzene rings is 2. The summed E-state index contributed by atoms with van der Waals surface area (Å²) >= 11 is 0. The average Bonchev–Trinajstić information content (AvgIpc) is 3.20. The van der Waals surface area contributed by atoms with Gasteiger partial charge in [0.05, 0.1) is 11.5 Å². The van der Waals surface area contributed by atoms with Gasteiger partial charge < -0.3 is 15.0 Å². The van der Waals surface area contributed by atoms with Gasteiger partial charge in [0, 0.05) is 36.5 Å². The van der Waals surface area contributed by atoms with Crippen LogP contribution in [0.2, 0.25) is 0 Å². The maximum absolute atomic E-state index is 12.6. The normalized spacial score (nSPS) is 13.4. The van der Waals surface area contributed by atoms with Crippen molar-refractivity contribution >= 4 is 23.0 Å². The molecule has 1 N–H and O–H groups in total.